The van der Waals surface area contributed by atoms with Gasteiger partial charge in [0.05, 0.1) is 35.2 Å². The van der Waals surface area contributed by atoms with E-state index in [2.05, 4.69) is 63.4 Å². The number of ether oxygens (including phenoxy) is 2. The van der Waals surface area contributed by atoms with Crippen LogP contribution in [0.1, 0.15) is 128 Å². The number of hydrogen-bond donors (Lipinski definition) is 7. The number of hydrogen-bond acceptors (Lipinski definition) is 11. The van der Waals surface area contributed by atoms with E-state index in [-0.39, 0.29) is 54.2 Å². The SMILES string of the molecule is CC1C=CC(C(O)CC(=O)CCc2c(O)cc3c4c2CSSCC25CCC6c7c(ccc(c72)C(N)NC5)C(O)C#CC(C(O4)n2cc4[nH]cc6c4c2)C2(C#CO3)CCCC2)C(O)C1. The quantitative estimate of drug-likeness (QED) is 0.0589. The van der Waals surface area contributed by atoms with E-state index in [4.69, 9.17) is 15.2 Å². The highest BCUT2D eigenvalue weighted by molar-refractivity contribution is 8.76. The first-order chi connectivity index (χ1) is 30.5. The number of aromatic hydroxyl groups is 1. The zero-order valence-electron chi connectivity index (χ0n) is 35.4. The van der Waals surface area contributed by atoms with Crippen LogP contribution < -0.4 is 20.5 Å². The zero-order valence-corrected chi connectivity index (χ0v) is 37.0. The Balaban J connectivity index is 1.08. The molecule has 2 aromatic carbocycles. The molecule has 1 fully saturated rings. The van der Waals surface area contributed by atoms with Crippen molar-refractivity contribution in [3.8, 4) is 41.1 Å². The van der Waals surface area contributed by atoms with Gasteiger partial charge in [-0.2, -0.15) is 0 Å². The minimum Gasteiger partial charge on any atom is -0.508 e. The van der Waals surface area contributed by atoms with Gasteiger partial charge in [0.15, 0.2) is 17.7 Å². The van der Waals surface area contributed by atoms with Crippen LogP contribution >= 0.6 is 21.6 Å². The first-order valence-electron chi connectivity index (χ1n) is 22.6. The number of carbonyl (C=O) groups is 1. The maximum atomic E-state index is 13.7. The number of Topliss-reactive ketones (excluding diaryl/α,β-unsaturated/α-hetero) is 1. The van der Waals surface area contributed by atoms with E-state index in [9.17, 15) is 25.2 Å². The lowest BCUT2D eigenvalue weighted by Gasteiger charge is -2.48. The third-order valence-corrected chi connectivity index (χ3v) is 17.8. The van der Waals surface area contributed by atoms with Crippen LogP contribution in [0.4, 0.5) is 0 Å². The summed E-state index contributed by atoms with van der Waals surface area (Å²) in [5, 5.41) is 50.9. The van der Waals surface area contributed by atoms with Gasteiger partial charge in [-0.1, -0.05) is 83.4 Å². The van der Waals surface area contributed by atoms with Crippen LogP contribution in [-0.2, 0) is 22.4 Å². The summed E-state index contributed by atoms with van der Waals surface area (Å²) in [6, 6.07) is 5.69. The van der Waals surface area contributed by atoms with Gasteiger partial charge < -0.3 is 45.2 Å². The van der Waals surface area contributed by atoms with E-state index in [1.54, 1.807) is 27.7 Å². The Labute approximate surface area is 375 Å². The van der Waals surface area contributed by atoms with E-state index >= 15 is 0 Å². The van der Waals surface area contributed by atoms with Crippen LogP contribution in [0.25, 0.3) is 10.9 Å². The Morgan fingerprint density at radius 1 is 1.10 bits per heavy atom. The summed E-state index contributed by atoms with van der Waals surface area (Å²) in [6.45, 7) is 2.71. The van der Waals surface area contributed by atoms with Gasteiger partial charge >= 0.3 is 0 Å². The Bertz CT molecular complexity index is 2660. The summed E-state index contributed by atoms with van der Waals surface area (Å²) in [6.07, 6.45) is 15.4. The molecule has 13 heteroatoms. The topological polar surface area (TPSA) is 175 Å². The Kier molecular flexibility index (Phi) is 10.5. The number of aliphatic hydroxyl groups excluding tert-OH is 3. The fourth-order valence-electron chi connectivity index (χ4n) is 12.0. The molecule has 3 aliphatic carbocycles. The number of nitrogens with one attached hydrogen (secondary N) is 2. The fraction of sp³-hybridized carbons (Fsp3) is 0.500. The molecule has 12 rings (SSSR count). The van der Waals surface area contributed by atoms with Gasteiger partial charge in [-0.25, -0.2) is 0 Å². The summed E-state index contributed by atoms with van der Waals surface area (Å²) < 4.78 is 15.9. The van der Waals surface area contributed by atoms with Gasteiger partial charge in [-0.3, -0.25) is 10.1 Å². The molecular weight excluding hydrogens is 833 g/mol. The number of fused-ring (bicyclic) bond motifs is 5. The molecule has 11 nitrogen and oxygen atoms in total. The number of ketones is 1. The lowest BCUT2D eigenvalue weighted by molar-refractivity contribution is -0.122. The first-order valence-corrected chi connectivity index (χ1v) is 25.1. The van der Waals surface area contributed by atoms with Gasteiger partial charge in [-0.05, 0) is 72.3 Å². The second kappa shape index (κ2) is 16.0. The molecule has 0 radical (unpaired) electrons. The van der Waals surface area contributed by atoms with Gasteiger partial charge in [-0.15, -0.1) is 0 Å². The summed E-state index contributed by atoms with van der Waals surface area (Å²) >= 11 is 0. The van der Waals surface area contributed by atoms with Crippen LogP contribution in [0.5, 0.6) is 17.2 Å². The number of H-pyrrole nitrogens is 1. The fourth-order valence-corrected chi connectivity index (χ4v) is 14.8. The summed E-state index contributed by atoms with van der Waals surface area (Å²) in [5.74, 6) is 11.5. The van der Waals surface area contributed by atoms with Crippen molar-refractivity contribution in [1.29, 1.82) is 0 Å². The van der Waals surface area contributed by atoms with Crippen molar-refractivity contribution in [3.05, 3.63) is 87.9 Å². The molecule has 5 aliphatic heterocycles. The lowest BCUT2D eigenvalue weighted by atomic mass is 9.61. The maximum Gasteiger partial charge on any atom is 0.191 e. The van der Waals surface area contributed by atoms with Crippen LogP contribution in [-0.4, -0.2) is 60.3 Å². The summed E-state index contributed by atoms with van der Waals surface area (Å²) in [4.78, 5) is 17.3. The summed E-state index contributed by atoms with van der Waals surface area (Å²) in [7, 11) is 3.44. The molecular formula is C50H54N4O7S2. The number of phenolic OH excluding ortho intramolecular Hbond substituents is 1. The molecule has 10 bridgehead atoms. The molecule has 0 saturated heterocycles. The van der Waals surface area contributed by atoms with Gasteiger partial charge in [0.25, 0.3) is 0 Å². The number of benzene rings is 2. The van der Waals surface area contributed by atoms with E-state index in [1.807, 2.05) is 25.1 Å². The third kappa shape index (κ3) is 6.93. The van der Waals surface area contributed by atoms with Crippen molar-refractivity contribution in [2.75, 3.05) is 12.3 Å². The van der Waals surface area contributed by atoms with E-state index in [0.29, 0.717) is 41.3 Å². The normalized spacial score (nSPS) is 31.4. The van der Waals surface area contributed by atoms with Crippen LogP contribution in [0.2, 0.25) is 0 Å². The molecule has 10 atom stereocenters. The van der Waals surface area contributed by atoms with Crippen molar-refractivity contribution < 1.29 is 34.7 Å². The van der Waals surface area contributed by atoms with Crippen molar-refractivity contribution >= 4 is 38.3 Å². The predicted molar refractivity (Wildman–Crippen MR) is 244 cm³/mol. The number of phenols is 1. The molecule has 1 saturated carbocycles. The standard InChI is InChI=1S/C50H54N4O7S2/c1-27-4-6-31(40(57)18-27)41(58)19-28(55)5-7-29-36-24-62-63-26-50-15-12-30-34-21-52-38-23-54(22-35(34)38)48-37(10-11-39(56)32-8-9-33(45(50)44(30)32)47(51)53-25-50)49(13-2-3-14-49)16-17-60-43(20-42(29)59)46(36)61-48/h4,6,8-9,20-23,27,30-31,37,39-41,47-48,52-53,56-59H,2-3,5,7,12-15,18-19,24-26,51H2,1H3. The van der Waals surface area contributed by atoms with Gasteiger partial charge in [0, 0.05) is 89.3 Å². The van der Waals surface area contributed by atoms with E-state index in [0.717, 1.165) is 71.9 Å². The minimum atomic E-state index is -1.08. The number of aromatic nitrogens is 2. The van der Waals surface area contributed by atoms with E-state index in [1.165, 1.54) is 11.1 Å². The lowest BCUT2D eigenvalue weighted by Crippen LogP contribution is -2.52. The largest absolute Gasteiger partial charge is 0.508 e. The highest BCUT2D eigenvalue weighted by Crippen LogP contribution is 2.57. The highest BCUT2D eigenvalue weighted by atomic mass is 33.1. The number of nitrogens with zero attached hydrogens (tertiary/aromatic N) is 1. The molecule has 2 aromatic heterocycles. The number of allylic oxidation sites excluding steroid dienone is 1. The highest BCUT2D eigenvalue weighted by Gasteiger charge is 2.49. The molecule has 0 amide bonds. The maximum absolute atomic E-state index is 13.7. The number of aliphatic hydroxyl groups is 3. The molecule has 7 heterocycles. The third-order valence-electron chi connectivity index (χ3n) is 15.4. The van der Waals surface area contributed by atoms with Crippen LogP contribution in [0.15, 0.2) is 48.9 Å². The molecule has 8 N–H and O–H groups in total. The second-order valence-corrected chi connectivity index (χ2v) is 21.6. The predicted octanol–water partition coefficient (Wildman–Crippen LogP) is 7.28. The smallest absolute Gasteiger partial charge is 0.191 e. The molecule has 328 valence electrons. The van der Waals surface area contributed by atoms with Crippen molar-refractivity contribution in [1.82, 2.24) is 14.9 Å². The molecule has 2 spiro atoms. The molecule has 63 heavy (non-hydrogen) atoms. The monoisotopic (exact) mass is 886 g/mol. The van der Waals surface area contributed by atoms with Crippen LogP contribution in [0.3, 0.4) is 0 Å². The zero-order chi connectivity index (χ0) is 43.2. The Hall–Kier alpha value is -4.31. The Morgan fingerprint density at radius 2 is 1.94 bits per heavy atom. The number of carbonyl (C=O) groups excluding carboxylic acids is 1. The van der Waals surface area contributed by atoms with E-state index < -0.39 is 41.8 Å². The summed E-state index contributed by atoms with van der Waals surface area (Å²) in [5.41, 5.74) is 13.6. The van der Waals surface area contributed by atoms with Crippen LogP contribution in [0, 0.1) is 47.0 Å². The van der Waals surface area contributed by atoms with Gasteiger partial charge in [0.2, 0.25) is 0 Å². The number of nitrogens with two attached hydrogens (primary N) is 1. The van der Waals surface area contributed by atoms with Crippen molar-refractivity contribution in [2.45, 2.75) is 119 Å². The van der Waals surface area contributed by atoms with Crippen molar-refractivity contribution in [2.24, 2.45) is 28.9 Å². The van der Waals surface area contributed by atoms with Gasteiger partial charge in [0.1, 0.15) is 23.7 Å². The minimum absolute atomic E-state index is 0.00619. The number of aromatic amines is 1. The van der Waals surface area contributed by atoms with Crippen molar-refractivity contribution in [3.63, 3.8) is 0 Å². The second-order valence-electron chi connectivity index (χ2n) is 19.2. The molecule has 4 aromatic rings. The Morgan fingerprint density at radius 3 is 2.78 bits per heavy atom. The molecule has 8 aliphatic rings. The average Bonchev–Trinajstić information content (AvgIpc) is 4.01. The average molecular weight is 887 g/mol. The molecule has 10 unspecified atom stereocenters. The number of rotatable bonds is 6. The first kappa shape index (κ1) is 41.4.